The monoisotopic (exact) mass is 245 g/mol. The van der Waals surface area contributed by atoms with Crippen LogP contribution >= 0.6 is 0 Å². The maximum absolute atomic E-state index is 8.88. The van der Waals surface area contributed by atoms with Crippen molar-refractivity contribution in [3.8, 4) is 6.07 Å². The molecule has 1 aromatic rings. The van der Waals surface area contributed by atoms with Crippen molar-refractivity contribution in [2.75, 3.05) is 24.6 Å². The third kappa shape index (κ3) is 3.21. The van der Waals surface area contributed by atoms with Crippen molar-refractivity contribution in [3.05, 3.63) is 23.9 Å². The first-order valence-corrected chi connectivity index (χ1v) is 6.57. The predicted molar refractivity (Wildman–Crippen MR) is 70.4 cm³/mol. The van der Waals surface area contributed by atoms with Gasteiger partial charge in [0.15, 0.2) is 0 Å². The van der Waals surface area contributed by atoms with Gasteiger partial charge in [-0.25, -0.2) is 4.98 Å². The third-order valence-electron chi connectivity index (χ3n) is 3.25. The zero-order valence-electron chi connectivity index (χ0n) is 10.8. The molecule has 1 aliphatic rings. The molecule has 1 aliphatic heterocycles. The molecular formula is C14H19N3O. The summed E-state index contributed by atoms with van der Waals surface area (Å²) < 4.78 is 5.75. The molecule has 0 amide bonds. The molecule has 18 heavy (non-hydrogen) atoms. The second-order valence-electron chi connectivity index (χ2n) is 4.52. The molecule has 96 valence electrons. The highest BCUT2D eigenvalue weighted by molar-refractivity contribution is 5.41. The van der Waals surface area contributed by atoms with Gasteiger partial charge in [0.25, 0.3) is 0 Å². The van der Waals surface area contributed by atoms with Crippen molar-refractivity contribution in [2.24, 2.45) is 0 Å². The number of hydrogen-bond acceptors (Lipinski definition) is 4. The van der Waals surface area contributed by atoms with Crippen LogP contribution in [-0.2, 0) is 4.74 Å². The summed E-state index contributed by atoms with van der Waals surface area (Å²) in [5.74, 6) is 0.866. The molecular weight excluding hydrogens is 226 g/mol. The molecule has 1 unspecified atom stereocenters. The van der Waals surface area contributed by atoms with E-state index in [0.29, 0.717) is 11.8 Å². The second-order valence-corrected chi connectivity index (χ2v) is 4.52. The van der Waals surface area contributed by atoms with Gasteiger partial charge in [-0.05, 0) is 38.3 Å². The number of likely N-dealkylation sites (N-methyl/N-ethyl adjacent to an activating group) is 1. The molecule has 1 atom stereocenters. The second kappa shape index (κ2) is 6.36. The molecule has 0 saturated carbocycles. The van der Waals surface area contributed by atoms with Gasteiger partial charge in [0.1, 0.15) is 17.6 Å². The maximum Gasteiger partial charge on any atom is 0.142 e. The van der Waals surface area contributed by atoms with E-state index in [9.17, 15) is 0 Å². The van der Waals surface area contributed by atoms with Crippen LogP contribution in [0.4, 0.5) is 5.82 Å². The minimum atomic E-state index is 0.297. The van der Waals surface area contributed by atoms with Gasteiger partial charge in [-0.15, -0.1) is 0 Å². The van der Waals surface area contributed by atoms with Gasteiger partial charge in [0.2, 0.25) is 0 Å². The van der Waals surface area contributed by atoms with Crippen molar-refractivity contribution in [2.45, 2.75) is 32.3 Å². The Morgan fingerprint density at radius 3 is 3.06 bits per heavy atom. The van der Waals surface area contributed by atoms with Crippen LogP contribution in [0.1, 0.15) is 31.9 Å². The van der Waals surface area contributed by atoms with E-state index < -0.39 is 0 Å². The van der Waals surface area contributed by atoms with E-state index in [4.69, 9.17) is 10.00 Å². The topological polar surface area (TPSA) is 49.1 Å². The smallest absolute Gasteiger partial charge is 0.142 e. The molecule has 0 N–H and O–H groups in total. The van der Waals surface area contributed by atoms with Crippen molar-refractivity contribution < 1.29 is 4.74 Å². The van der Waals surface area contributed by atoms with E-state index in [2.05, 4.69) is 22.9 Å². The van der Waals surface area contributed by atoms with Crippen molar-refractivity contribution in [3.63, 3.8) is 0 Å². The average Bonchev–Trinajstić information content (AvgIpc) is 2.46. The lowest BCUT2D eigenvalue weighted by Gasteiger charge is -2.29. The highest BCUT2D eigenvalue weighted by Crippen LogP contribution is 2.17. The number of nitrogens with zero attached hydrogens (tertiary/aromatic N) is 3. The van der Waals surface area contributed by atoms with E-state index in [1.54, 1.807) is 6.07 Å². The Bertz CT molecular complexity index is 421. The number of pyridine rings is 1. The first-order valence-electron chi connectivity index (χ1n) is 6.57. The normalized spacial score (nSPS) is 19.2. The standard InChI is InChI=1S/C14H19N3O/c1-2-17(11-13-7-3-4-9-18-13)14-8-5-6-12(10-15)16-14/h5-6,8,13H,2-4,7,9,11H2,1H3. The minimum absolute atomic E-state index is 0.297. The zero-order chi connectivity index (χ0) is 12.8. The predicted octanol–water partition coefficient (Wildman–Crippen LogP) is 2.35. The fraction of sp³-hybridized carbons (Fsp3) is 0.571. The Kier molecular flexibility index (Phi) is 4.54. The first-order chi connectivity index (χ1) is 8.83. The van der Waals surface area contributed by atoms with Crippen LogP contribution in [0.3, 0.4) is 0 Å². The molecule has 4 nitrogen and oxygen atoms in total. The van der Waals surface area contributed by atoms with E-state index in [0.717, 1.165) is 31.9 Å². The Hall–Kier alpha value is -1.60. The van der Waals surface area contributed by atoms with Gasteiger partial charge in [0, 0.05) is 19.7 Å². The number of nitriles is 1. The molecule has 2 heterocycles. The Morgan fingerprint density at radius 2 is 2.39 bits per heavy atom. The van der Waals surface area contributed by atoms with E-state index >= 15 is 0 Å². The van der Waals surface area contributed by atoms with Crippen LogP contribution in [0, 0.1) is 11.3 Å². The third-order valence-corrected chi connectivity index (χ3v) is 3.25. The summed E-state index contributed by atoms with van der Waals surface area (Å²) in [4.78, 5) is 6.51. The van der Waals surface area contributed by atoms with Gasteiger partial charge in [-0.3, -0.25) is 0 Å². The van der Waals surface area contributed by atoms with Crippen molar-refractivity contribution in [1.82, 2.24) is 4.98 Å². The summed E-state index contributed by atoms with van der Waals surface area (Å²) in [7, 11) is 0. The Balaban J connectivity index is 2.05. The highest BCUT2D eigenvalue weighted by Gasteiger charge is 2.18. The van der Waals surface area contributed by atoms with E-state index in [1.807, 2.05) is 12.1 Å². The lowest BCUT2D eigenvalue weighted by molar-refractivity contribution is 0.0210. The van der Waals surface area contributed by atoms with Crippen LogP contribution in [0.2, 0.25) is 0 Å². The summed E-state index contributed by atoms with van der Waals surface area (Å²) >= 11 is 0. The number of anilines is 1. The molecule has 0 spiro atoms. The fourth-order valence-corrected chi connectivity index (χ4v) is 2.24. The molecule has 1 fully saturated rings. The fourth-order valence-electron chi connectivity index (χ4n) is 2.24. The van der Waals surface area contributed by atoms with Crippen molar-refractivity contribution in [1.29, 1.82) is 5.26 Å². The largest absolute Gasteiger partial charge is 0.376 e. The summed E-state index contributed by atoms with van der Waals surface area (Å²) in [6, 6.07) is 7.64. The maximum atomic E-state index is 8.88. The average molecular weight is 245 g/mol. The quantitative estimate of drug-likeness (QED) is 0.817. The summed E-state index contributed by atoms with van der Waals surface area (Å²) in [5, 5.41) is 8.88. The van der Waals surface area contributed by atoms with Crippen LogP contribution in [0.5, 0.6) is 0 Å². The van der Waals surface area contributed by atoms with Gasteiger partial charge >= 0.3 is 0 Å². The van der Waals surface area contributed by atoms with Gasteiger partial charge in [-0.1, -0.05) is 6.07 Å². The molecule has 0 aliphatic carbocycles. The van der Waals surface area contributed by atoms with Crippen LogP contribution in [0.25, 0.3) is 0 Å². The van der Waals surface area contributed by atoms with Gasteiger partial charge in [0.05, 0.1) is 6.10 Å². The van der Waals surface area contributed by atoms with Crippen molar-refractivity contribution >= 4 is 5.82 Å². The molecule has 1 aromatic heterocycles. The Morgan fingerprint density at radius 1 is 1.50 bits per heavy atom. The lowest BCUT2D eigenvalue weighted by atomic mass is 10.1. The number of aromatic nitrogens is 1. The van der Waals surface area contributed by atoms with Gasteiger partial charge < -0.3 is 9.64 Å². The van der Waals surface area contributed by atoms with Crippen LogP contribution in [-0.4, -0.2) is 30.8 Å². The SMILES string of the molecule is CCN(CC1CCCCO1)c1cccc(C#N)n1. The molecule has 4 heteroatoms. The van der Waals surface area contributed by atoms with Crippen LogP contribution in [0.15, 0.2) is 18.2 Å². The molecule has 2 rings (SSSR count). The van der Waals surface area contributed by atoms with Crippen LogP contribution < -0.4 is 4.90 Å². The number of ether oxygens (including phenoxy) is 1. The summed E-state index contributed by atoms with van der Waals surface area (Å²) in [5.41, 5.74) is 0.468. The number of hydrogen-bond donors (Lipinski definition) is 0. The van der Waals surface area contributed by atoms with Gasteiger partial charge in [-0.2, -0.15) is 5.26 Å². The molecule has 1 saturated heterocycles. The Labute approximate surface area is 108 Å². The molecule has 0 aromatic carbocycles. The zero-order valence-corrected chi connectivity index (χ0v) is 10.8. The first kappa shape index (κ1) is 12.8. The molecule has 0 radical (unpaired) electrons. The lowest BCUT2D eigenvalue weighted by Crippen LogP contribution is -2.36. The summed E-state index contributed by atoms with van der Waals surface area (Å²) in [6.07, 6.45) is 3.83. The number of rotatable bonds is 4. The summed E-state index contributed by atoms with van der Waals surface area (Å²) in [6.45, 7) is 4.71. The van der Waals surface area contributed by atoms with E-state index in [-0.39, 0.29) is 0 Å². The molecule has 0 bridgehead atoms. The minimum Gasteiger partial charge on any atom is -0.376 e. The highest BCUT2D eigenvalue weighted by atomic mass is 16.5. The van der Waals surface area contributed by atoms with E-state index in [1.165, 1.54) is 12.8 Å².